The molecular weight excluding hydrogens is 330 g/mol. The number of rotatable bonds is 9. The van der Waals surface area contributed by atoms with Gasteiger partial charge in [0.1, 0.15) is 30.0 Å². The van der Waals surface area contributed by atoms with Crippen molar-refractivity contribution in [3.05, 3.63) is 53.5 Å². The van der Waals surface area contributed by atoms with Gasteiger partial charge in [-0.05, 0) is 50.6 Å². The lowest BCUT2D eigenvalue weighted by Gasteiger charge is -2.20. The minimum atomic E-state index is -0.626. The van der Waals surface area contributed by atoms with Gasteiger partial charge in [0.15, 0.2) is 5.78 Å². The van der Waals surface area contributed by atoms with Crippen molar-refractivity contribution in [3.63, 3.8) is 0 Å². The smallest absolute Gasteiger partial charge is 0.159 e. The van der Waals surface area contributed by atoms with E-state index in [9.17, 15) is 9.90 Å². The highest BCUT2D eigenvalue weighted by Crippen LogP contribution is 2.47. The van der Waals surface area contributed by atoms with Crippen LogP contribution < -0.4 is 4.74 Å². The molecular formula is C21H27NO4. The number of furan rings is 1. The van der Waals surface area contributed by atoms with Crippen LogP contribution >= 0.6 is 0 Å². The summed E-state index contributed by atoms with van der Waals surface area (Å²) in [5.41, 5.74) is 0.604. The Morgan fingerprint density at radius 2 is 2.15 bits per heavy atom. The van der Waals surface area contributed by atoms with Gasteiger partial charge in [-0.15, -0.1) is 0 Å². The Bertz CT molecular complexity index is 754. The number of aliphatic hydroxyl groups is 1. The highest BCUT2D eigenvalue weighted by atomic mass is 16.5. The Kier molecular flexibility index (Phi) is 5.79. The van der Waals surface area contributed by atoms with Crippen molar-refractivity contribution >= 4 is 5.78 Å². The van der Waals surface area contributed by atoms with E-state index in [-0.39, 0.29) is 12.4 Å². The number of hydrogen-bond acceptors (Lipinski definition) is 5. The largest absolute Gasteiger partial charge is 0.491 e. The molecule has 1 heterocycles. The van der Waals surface area contributed by atoms with Crippen molar-refractivity contribution in [2.75, 3.05) is 20.2 Å². The fourth-order valence-corrected chi connectivity index (χ4v) is 3.14. The standard InChI is InChI=1S/C21H27NO4/c1-14-9-20(14)21-8-7-19(26-21)12-22(3)11-17(24)13-25-18-6-4-5-16(10-18)15(2)23/h4-8,10,14,17,20,24H,9,11-13H2,1-3H3. The maximum atomic E-state index is 11.4. The number of ether oxygens (including phenoxy) is 1. The average Bonchev–Trinajstić information content (AvgIpc) is 3.15. The minimum Gasteiger partial charge on any atom is -0.491 e. The number of likely N-dealkylation sites (N-methyl/N-ethyl adjacent to an activating group) is 1. The molecule has 1 saturated carbocycles. The first kappa shape index (κ1) is 18.7. The molecule has 3 atom stereocenters. The van der Waals surface area contributed by atoms with Gasteiger partial charge in [0, 0.05) is 18.0 Å². The fraction of sp³-hybridized carbons (Fsp3) is 0.476. The van der Waals surface area contributed by atoms with Crippen LogP contribution in [0, 0.1) is 5.92 Å². The van der Waals surface area contributed by atoms with Gasteiger partial charge >= 0.3 is 0 Å². The molecule has 0 amide bonds. The van der Waals surface area contributed by atoms with Crippen LogP contribution in [0.1, 0.15) is 48.1 Å². The van der Waals surface area contributed by atoms with Gasteiger partial charge in [0.25, 0.3) is 0 Å². The highest BCUT2D eigenvalue weighted by Gasteiger charge is 2.36. The van der Waals surface area contributed by atoms with E-state index in [1.807, 2.05) is 18.0 Å². The maximum absolute atomic E-state index is 11.4. The van der Waals surface area contributed by atoms with Crippen LogP contribution in [0.4, 0.5) is 0 Å². The van der Waals surface area contributed by atoms with Gasteiger partial charge in [-0.25, -0.2) is 0 Å². The first-order valence-electron chi connectivity index (χ1n) is 9.11. The topological polar surface area (TPSA) is 62.9 Å². The summed E-state index contributed by atoms with van der Waals surface area (Å²) in [7, 11) is 1.95. The van der Waals surface area contributed by atoms with Crippen molar-refractivity contribution in [1.82, 2.24) is 4.90 Å². The molecule has 26 heavy (non-hydrogen) atoms. The van der Waals surface area contributed by atoms with Gasteiger partial charge in [0.05, 0.1) is 6.54 Å². The summed E-state index contributed by atoms with van der Waals surface area (Å²) >= 11 is 0. The van der Waals surface area contributed by atoms with Crippen LogP contribution in [-0.2, 0) is 6.54 Å². The predicted octanol–water partition coefficient (Wildman–Crippen LogP) is 3.48. The third-order valence-corrected chi connectivity index (χ3v) is 4.79. The number of Topliss-reactive ketones (excluding diaryl/α,β-unsaturated/α-hetero) is 1. The molecule has 1 aliphatic carbocycles. The lowest BCUT2D eigenvalue weighted by Crippen LogP contribution is -2.32. The molecule has 1 fully saturated rings. The monoisotopic (exact) mass is 357 g/mol. The summed E-state index contributed by atoms with van der Waals surface area (Å²) in [5, 5.41) is 10.2. The molecule has 0 aliphatic heterocycles. The Morgan fingerprint density at radius 1 is 1.38 bits per heavy atom. The second kappa shape index (κ2) is 8.06. The van der Waals surface area contributed by atoms with E-state index in [2.05, 4.69) is 13.0 Å². The van der Waals surface area contributed by atoms with Crippen LogP contribution in [0.15, 0.2) is 40.8 Å². The first-order chi connectivity index (χ1) is 12.4. The number of aliphatic hydroxyl groups excluding tert-OH is 1. The number of nitrogens with zero attached hydrogens (tertiary/aromatic N) is 1. The summed E-state index contributed by atoms with van der Waals surface area (Å²) in [6.07, 6.45) is 0.586. The zero-order valence-corrected chi connectivity index (χ0v) is 15.6. The molecule has 0 bridgehead atoms. The quantitative estimate of drug-likeness (QED) is 0.696. The lowest BCUT2D eigenvalue weighted by molar-refractivity contribution is 0.0724. The minimum absolute atomic E-state index is 0.00543. The molecule has 5 nitrogen and oxygen atoms in total. The zero-order valence-electron chi connectivity index (χ0n) is 15.6. The number of carbonyl (C=O) groups excluding carboxylic acids is 1. The van der Waals surface area contributed by atoms with Gasteiger partial charge in [-0.2, -0.15) is 0 Å². The van der Waals surface area contributed by atoms with Crippen molar-refractivity contribution in [1.29, 1.82) is 0 Å². The first-order valence-corrected chi connectivity index (χ1v) is 9.11. The van der Waals surface area contributed by atoms with E-state index >= 15 is 0 Å². The van der Waals surface area contributed by atoms with E-state index in [1.165, 1.54) is 13.3 Å². The van der Waals surface area contributed by atoms with Crippen LogP contribution in [0.25, 0.3) is 0 Å². The SMILES string of the molecule is CC(=O)c1cccc(OCC(O)CN(C)Cc2ccc(C3CC3C)o2)c1. The van der Waals surface area contributed by atoms with Crippen LogP contribution in [0.5, 0.6) is 5.75 Å². The molecule has 1 aromatic heterocycles. The Labute approximate surface area is 154 Å². The van der Waals surface area contributed by atoms with Crippen LogP contribution in [0.2, 0.25) is 0 Å². The molecule has 3 rings (SSSR count). The van der Waals surface area contributed by atoms with Crippen molar-refractivity contribution < 1.29 is 19.1 Å². The molecule has 0 spiro atoms. The van der Waals surface area contributed by atoms with Gasteiger partial charge < -0.3 is 14.3 Å². The molecule has 1 aliphatic rings. The normalized spacial score (nSPS) is 20.2. The average molecular weight is 357 g/mol. The molecule has 5 heteroatoms. The van der Waals surface area contributed by atoms with Gasteiger partial charge in [-0.3, -0.25) is 9.69 Å². The van der Waals surface area contributed by atoms with E-state index in [0.29, 0.717) is 30.3 Å². The number of benzene rings is 1. The number of carbonyl (C=O) groups is 1. The Morgan fingerprint density at radius 3 is 2.85 bits per heavy atom. The molecule has 1 aromatic carbocycles. The highest BCUT2D eigenvalue weighted by molar-refractivity contribution is 5.94. The molecule has 2 aromatic rings. The second-order valence-electron chi connectivity index (χ2n) is 7.37. The predicted molar refractivity (Wildman–Crippen MR) is 99.5 cm³/mol. The van der Waals surface area contributed by atoms with E-state index in [1.54, 1.807) is 24.3 Å². The Balaban J connectivity index is 1.44. The number of hydrogen-bond donors (Lipinski definition) is 1. The van der Waals surface area contributed by atoms with Crippen LogP contribution in [0.3, 0.4) is 0 Å². The van der Waals surface area contributed by atoms with Crippen molar-refractivity contribution in [2.24, 2.45) is 5.92 Å². The summed E-state index contributed by atoms with van der Waals surface area (Å²) in [6.45, 7) is 5.06. The van der Waals surface area contributed by atoms with E-state index in [4.69, 9.17) is 9.15 Å². The molecule has 3 unspecified atom stereocenters. The molecule has 0 radical (unpaired) electrons. The summed E-state index contributed by atoms with van der Waals surface area (Å²) < 4.78 is 11.5. The van der Waals surface area contributed by atoms with E-state index < -0.39 is 6.10 Å². The van der Waals surface area contributed by atoms with Gasteiger partial charge in [-0.1, -0.05) is 19.1 Å². The maximum Gasteiger partial charge on any atom is 0.159 e. The van der Waals surface area contributed by atoms with Crippen molar-refractivity contribution in [2.45, 2.75) is 38.8 Å². The van der Waals surface area contributed by atoms with Crippen LogP contribution in [-0.4, -0.2) is 42.1 Å². The van der Waals surface area contributed by atoms with E-state index in [0.717, 1.165) is 17.4 Å². The molecule has 140 valence electrons. The summed E-state index contributed by atoms with van der Waals surface area (Å²) in [5.74, 6) is 3.90. The third kappa shape index (κ3) is 4.96. The van der Waals surface area contributed by atoms with Crippen molar-refractivity contribution in [3.8, 4) is 5.75 Å². The molecule has 0 saturated heterocycles. The molecule has 1 N–H and O–H groups in total. The number of ketones is 1. The second-order valence-corrected chi connectivity index (χ2v) is 7.37. The Hall–Kier alpha value is -2.11. The third-order valence-electron chi connectivity index (χ3n) is 4.79. The van der Waals surface area contributed by atoms with Gasteiger partial charge in [0.2, 0.25) is 0 Å². The fourth-order valence-electron chi connectivity index (χ4n) is 3.14. The summed E-state index contributed by atoms with van der Waals surface area (Å²) in [6, 6.07) is 11.1. The summed E-state index contributed by atoms with van der Waals surface area (Å²) in [4.78, 5) is 13.4. The lowest BCUT2D eigenvalue weighted by atomic mass is 10.1. The zero-order chi connectivity index (χ0) is 18.7.